The van der Waals surface area contributed by atoms with Crippen molar-refractivity contribution in [3.05, 3.63) is 82.9 Å². The molecule has 0 heterocycles. The van der Waals surface area contributed by atoms with E-state index in [2.05, 4.69) is 5.32 Å². The molecule has 6 rings (SSSR count). The van der Waals surface area contributed by atoms with Crippen LogP contribution in [-0.2, 0) is 9.84 Å². The topological polar surface area (TPSA) is 83.5 Å². The van der Waals surface area contributed by atoms with Gasteiger partial charge in [0.1, 0.15) is 0 Å². The fourth-order valence-electron chi connectivity index (χ4n) is 6.06. The Balaban J connectivity index is 1.41. The van der Waals surface area contributed by atoms with Gasteiger partial charge in [-0.25, -0.2) is 17.2 Å². The highest BCUT2D eigenvalue weighted by atomic mass is 35.5. The Bertz CT molecular complexity index is 1480. The summed E-state index contributed by atoms with van der Waals surface area (Å²) in [6, 6.07) is 14.5. The fraction of sp³-hybridized carbons (Fsp3) is 0.321. The van der Waals surface area contributed by atoms with Crippen molar-refractivity contribution in [3.8, 4) is 11.1 Å². The van der Waals surface area contributed by atoms with Crippen molar-refractivity contribution >= 4 is 33.0 Å². The van der Waals surface area contributed by atoms with Crippen LogP contribution in [0.5, 0.6) is 0 Å². The van der Waals surface area contributed by atoms with Crippen LogP contribution in [0.4, 0.5) is 14.5 Å². The summed E-state index contributed by atoms with van der Waals surface area (Å²) in [6.07, 6.45) is 0.633. The first kappa shape index (κ1) is 25.8. The highest BCUT2D eigenvalue weighted by molar-refractivity contribution is 7.92. The van der Waals surface area contributed by atoms with Crippen molar-refractivity contribution in [2.24, 2.45) is 17.8 Å². The van der Waals surface area contributed by atoms with Gasteiger partial charge in [0, 0.05) is 22.9 Å². The molecule has 5 nitrogen and oxygen atoms in total. The molecule has 1 amide bonds. The number of halogens is 3. The second-order valence-electron chi connectivity index (χ2n) is 10.2. The zero-order valence-corrected chi connectivity index (χ0v) is 21.8. The third kappa shape index (κ3) is 4.35. The summed E-state index contributed by atoms with van der Waals surface area (Å²) in [5, 5.41) is 12.4. The van der Waals surface area contributed by atoms with E-state index in [1.54, 1.807) is 37.3 Å². The number of carbonyl (C=O) groups excluding carboxylic acids is 1. The van der Waals surface area contributed by atoms with E-state index in [9.17, 15) is 27.1 Å². The molecule has 0 aliphatic heterocycles. The summed E-state index contributed by atoms with van der Waals surface area (Å²) in [6.45, 7) is 3.78. The average Bonchev–Trinajstić information content (AvgIpc) is 2.87. The van der Waals surface area contributed by atoms with Gasteiger partial charge in [0.15, 0.2) is 21.5 Å². The highest BCUT2D eigenvalue weighted by Gasteiger charge is 2.61. The summed E-state index contributed by atoms with van der Waals surface area (Å²) in [5.74, 6) is -2.86. The Hall–Kier alpha value is -2.81. The van der Waals surface area contributed by atoms with Crippen molar-refractivity contribution in [2.75, 3.05) is 5.32 Å². The molecule has 194 valence electrons. The molecule has 3 aromatic rings. The van der Waals surface area contributed by atoms with Gasteiger partial charge < -0.3 is 10.4 Å². The number of nitrogens with one attached hydrogen (secondary N) is 1. The Kier molecular flexibility index (Phi) is 6.41. The van der Waals surface area contributed by atoms with E-state index >= 15 is 0 Å². The van der Waals surface area contributed by atoms with Crippen LogP contribution in [0.25, 0.3) is 11.1 Å². The molecule has 3 fully saturated rings. The van der Waals surface area contributed by atoms with Gasteiger partial charge in [0.2, 0.25) is 0 Å². The van der Waals surface area contributed by atoms with Crippen molar-refractivity contribution in [3.63, 3.8) is 0 Å². The number of anilines is 1. The molecule has 2 unspecified atom stereocenters. The van der Waals surface area contributed by atoms with Crippen molar-refractivity contribution in [2.45, 2.75) is 42.4 Å². The zero-order chi connectivity index (χ0) is 26.7. The summed E-state index contributed by atoms with van der Waals surface area (Å²) < 4.78 is 55.8. The van der Waals surface area contributed by atoms with Crippen LogP contribution >= 0.6 is 11.6 Å². The number of hydrogen-bond acceptors (Lipinski definition) is 4. The third-order valence-electron chi connectivity index (χ3n) is 8.11. The normalized spacial score (nSPS) is 26.9. The van der Waals surface area contributed by atoms with Crippen molar-refractivity contribution in [1.29, 1.82) is 0 Å². The van der Waals surface area contributed by atoms with Gasteiger partial charge in [-0.2, -0.15) is 0 Å². The molecule has 2 N–H and O–H groups in total. The minimum absolute atomic E-state index is 0.00482. The predicted molar refractivity (Wildman–Crippen MR) is 138 cm³/mol. The van der Waals surface area contributed by atoms with Crippen LogP contribution in [0.1, 0.15) is 37.0 Å². The van der Waals surface area contributed by atoms with Crippen LogP contribution in [0, 0.1) is 29.4 Å². The second kappa shape index (κ2) is 9.19. The van der Waals surface area contributed by atoms with Crippen LogP contribution in [0.2, 0.25) is 5.02 Å². The Morgan fingerprint density at radius 2 is 1.70 bits per heavy atom. The second-order valence-corrected chi connectivity index (χ2v) is 12.8. The van der Waals surface area contributed by atoms with E-state index in [0.29, 0.717) is 18.4 Å². The highest BCUT2D eigenvalue weighted by Crippen LogP contribution is 2.59. The molecular weight excluding hydrogens is 520 g/mol. The first-order valence-electron chi connectivity index (χ1n) is 12.0. The number of aliphatic hydroxyl groups is 1. The number of fused-ring (bicyclic) bond motifs is 2. The number of amides is 1. The molecule has 9 heteroatoms. The maximum atomic E-state index is 14.5. The van der Waals surface area contributed by atoms with Gasteiger partial charge in [-0.15, -0.1) is 0 Å². The first-order valence-corrected chi connectivity index (χ1v) is 13.9. The van der Waals surface area contributed by atoms with Gasteiger partial charge in [-0.05, 0) is 67.3 Å². The lowest BCUT2D eigenvalue weighted by Gasteiger charge is -2.61. The smallest absolute Gasteiger partial charge is 0.255 e. The summed E-state index contributed by atoms with van der Waals surface area (Å²) >= 11 is 6.27. The molecule has 0 aromatic heterocycles. The van der Waals surface area contributed by atoms with Crippen LogP contribution in [-0.4, -0.2) is 30.3 Å². The van der Waals surface area contributed by atoms with Crippen LogP contribution in [0.3, 0.4) is 0 Å². The lowest BCUT2D eigenvalue weighted by Crippen LogP contribution is -2.65. The minimum Gasteiger partial charge on any atom is -0.390 e. The molecule has 0 spiro atoms. The molecule has 0 saturated heterocycles. The predicted octanol–water partition coefficient (Wildman–Crippen LogP) is 6.11. The number of rotatable bonds is 5. The third-order valence-corrected chi connectivity index (χ3v) is 10.8. The van der Waals surface area contributed by atoms with E-state index < -0.39 is 38.2 Å². The number of hydrogen-bond donors (Lipinski definition) is 2. The molecule has 37 heavy (non-hydrogen) atoms. The molecule has 3 aromatic carbocycles. The molecule has 0 radical (unpaired) electrons. The SMILES string of the molecule is CC1C2CC(S(=O)(=O)c3cc(C(=O)Nc4cc(F)c(F)c(-c5ccccc5)c4)ccc3Cl)CC1C2(C)O. The average molecular weight is 546 g/mol. The summed E-state index contributed by atoms with van der Waals surface area (Å²) in [4.78, 5) is 12.9. The van der Waals surface area contributed by atoms with Gasteiger partial charge >= 0.3 is 0 Å². The number of benzene rings is 3. The molecule has 2 bridgehead atoms. The van der Waals surface area contributed by atoms with E-state index in [0.717, 1.165) is 6.07 Å². The largest absolute Gasteiger partial charge is 0.390 e. The van der Waals surface area contributed by atoms with Gasteiger partial charge in [0.05, 0.1) is 20.8 Å². The summed E-state index contributed by atoms with van der Waals surface area (Å²) in [5.41, 5.74) is -0.425. The Labute approximate surface area is 219 Å². The van der Waals surface area contributed by atoms with E-state index in [1.807, 2.05) is 6.92 Å². The van der Waals surface area contributed by atoms with Crippen LogP contribution in [0.15, 0.2) is 65.6 Å². The van der Waals surface area contributed by atoms with Gasteiger partial charge in [-0.1, -0.05) is 48.9 Å². The van der Waals surface area contributed by atoms with E-state index in [4.69, 9.17) is 11.6 Å². The standard InChI is InChI=1S/C28H26ClF2NO4S/c1-15-21-13-19(14-22(15)28(21,2)34)37(35,36)25-10-17(8-9-23(25)29)27(33)32-18-11-20(26(31)24(30)12-18)16-6-4-3-5-7-16/h3-12,15,19,21-22,34H,13-14H2,1-2H3,(H,32,33). The molecule has 3 aliphatic carbocycles. The lowest BCUT2D eigenvalue weighted by molar-refractivity contribution is -0.204. The zero-order valence-electron chi connectivity index (χ0n) is 20.2. The summed E-state index contributed by atoms with van der Waals surface area (Å²) in [7, 11) is -3.89. The quantitative estimate of drug-likeness (QED) is 0.405. The minimum atomic E-state index is -3.89. The Morgan fingerprint density at radius 3 is 2.32 bits per heavy atom. The fourth-order valence-corrected chi connectivity index (χ4v) is 8.41. The molecule has 3 aliphatic rings. The molecule has 3 saturated carbocycles. The maximum Gasteiger partial charge on any atom is 0.255 e. The maximum absolute atomic E-state index is 14.5. The van der Waals surface area contributed by atoms with E-state index in [-0.39, 0.29) is 44.5 Å². The van der Waals surface area contributed by atoms with Crippen LogP contribution < -0.4 is 5.32 Å². The Morgan fingerprint density at radius 1 is 1.05 bits per heavy atom. The first-order chi connectivity index (χ1) is 17.4. The molecule has 2 atom stereocenters. The number of sulfone groups is 1. The number of carbonyl (C=O) groups is 1. The molecular formula is C28H26ClF2NO4S. The van der Waals surface area contributed by atoms with Crippen molar-refractivity contribution in [1.82, 2.24) is 0 Å². The van der Waals surface area contributed by atoms with Crippen molar-refractivity contribution < 1.29 is 27.1 Å². The van der Waals surface area contributed by atoms with Gasteiger partial charge in [0.25, 0.3) is 5.91 Å². The van der Waals surface area contributed by atoms with Gasteiger partial charge in [-0.3, -0.25) is 4.79 Å². The lowest BCUT2D eigenvalue weighted by atomic mass is 9.48. The monoisotopic (exact) mass is 545 g/mol. The van der Waals surface area contributed by atoms with E-state index in [1.165, 1.54) is 24.3 Å².